The number of hydrogen-bond acceptors (Lipinski definition) is 3. The fourth-order valence-corrected chi connectivity index (χ4v) is 11.7. The second-order valence-corrected chi connectivity index (χ2v) is 19.0. The molecule has 0 radical (unpaired) electrons. The number of benzene rings is 2. The van der Waals surface area contributed by atoms with Crippen LogP contribution in [0.1, 0.15) is 205 Å². The molecule has 55 heavy (non-hydrogen) atoms. The standard InChI is InChI=1S/C52H82O3/c1-5-9-11-39-13-17-41(18-14-39)43-21-25-45(26-22-43)51(47-29-33-49(34-30-47)53-37-7-3)55-52(48-31-35-50(36-32-48)54-38-8-4)46-27-23-44(24-28-46)42-19-15-40(16-20-42)12-10-6-2/h29-36,39-46,51-52H,5-28,37-38H2,1-4H3/t39-,40-,41-,42-,43-,44-,45-,46-,51?,52?. The highest BCUT2D eigenvalue weighted by Crippen LogP contribution is 2.50. The summed E-state index contributed by atoms with van der Waals surface area (Å²) in [6.45, 7) is 10.6. The Kier molecular flexibility index (Phi) is 17.7. The predicted molar refractivity (Wildman–Crippen MR) is 232 cm³/mol. The molecule has 0 spiro atoms. The fourth-order valence-electron chi connectivity index (χ4n) is 11.7. The maximum atomic E-state index is 7.73. The summed E-state index contributed by atoms with van der Waals surface area (Å²) in [6, 6.07) is 18.2. The van der Waals surface area contributed by atoms with Gasteiger partial charge in [-0.1, -0.05) is 116 Å². The van der Waals surface area contributed by atoms with E-state index in [9.17, 15) is 0 Å². The van der Waals surface area contributed by atoms with Crippen molar-refractivity contribution in [3.8, 4) is 11.5 Å². The molecule has 308 valence electrons. The van der Waals surface area contributed by atoms with Gasteiger partial charge < -0.3 is 14.2 Å². The number of hydrogen-bond donors (Lipinski definition) is 0. The van der Waals surface area contributed by atoms with Crippen LogP contribution in [0.3, 0.4) is 0 Å². The van der Waals surface area contributed by atoms with Gasteiger partial charge in [-0.15, -0.1) is 0 Å². The van der Waals surface area contributed by atoms with Crippen LogP contribution in [-0.4, -0.2) is 13.2 Å². The van der Waals surface area contributed by atoms with Crippen LogP contribution in [0.2, 0.25) is 0 Å². The molecule has 0 amide bonds. The Morgan fingerprint density at radius 1 is 0.418 bits per heavy atom. The summed E-state index contributed by atoms with van der Waals surface area (Å²) in [5.41, 5.74) is 2.70. The minimum absolute atomic E-state index is 0.114. The number of unbranched alkanes of at least 4 members (excludes halogenated alkanes) is 2. The SMILES string of the molecule is CCCC[C@H]1CC[C@H]([C@H]2CC[C@H](C(OC(c3ccc(OCCC)cc3)[C@H]3CC[C@H]([C@H]4CC[C@H](CCCC)CC4)CC3)c3ccc(OCCC)cc3)CC2)CC1. The highest BCUT2D eigenvalue weighted by atomic mass is 16.5. The quantitative estimate of drug-likeness (QED) is 0.135. The van der Waals surface area contributed by atoms with E-state index in [4.69, 9.17) is 14.2 Å². The van der Waals surface area contributed by atoms with E-state index < -0.39 is 0 Å². The Morgan fingerprint density at radius 3 is 1.05 bits per heavy atom. The molecular weight excluding hydrogens is 673 g/mol. The van der Waals surface area contributed by atoms with Crippen molar-refractivity contribution in [2.24, 2.45) is 47.3 Å². The lowest BCUT2D eigenvalue weighted by Gasteiger charge is -2.43. The summed E-state index contributed by atoms with van der Waals surface area (Å²) in [6.07, 6.45) is 33.3. The van der Waals surface area contributed by atoms with Crippen molar-refractivity contribution in [1.29, 1.82) is 0 Å². The zero-order valence-electron chi connectivity index (χ0n) is 36.0. The molecule has 4 aliphatic carbocycles. The highest BCUT2D eigenvalue weighted by Gasteiger charge is 2.39. The topological polar surface area (TPSA) is 27.7 Å². The molecule has 0 aliphatic heterocycles. The Morgan fingerprint density at radius 2 is 0.745 bits per heavy atom. The Labute approximate surface area is 338 Å². The van der Waals surface area contributed by atoms with Crippen molar-refractivity contribution in [2.45, 2.75) is 194 Å². The van der Waals surface area contributed by atoms with E-state index in [2.05, 4.69) is 76.2 Å². The molecule has 0 bridgehead atoms. The van der Waals surface area contributed by atoms with Crippen LogP contribution >= 0.6 is 0 Å². The summed E-state index contributed by atoms with van der Waals surface area (Å²) in [7, 11) is 0. The smallest absolute Gasteiger partial charge is 0.119 e. The van der Waals surface area contributed by atoms with E-state index in [1.807, 2.05) is 0 Å². The van der Waals surface area contributed by atoms with E-state index in [0.717, 1.165) is 73.1 Å². The normalized spacial score (nSPS) is 30.0. The third kappa shape index (κ3) is 12.5. The van der Waals surface area contributed by atoms with Gasteiger partial charge in [0.2, 0.25) is 0 Å². The Bertz CT molecular complexity index is 1190. The molecule has 0 N–H and O–H groups in total. The molecule has 3 nitrogen and oxygen atoms in total. The number of ether oxygens (including phenoxy) is 3. The van der Waals surface area contributed by atoms with E-state index in [0.29, 0.717) is 11.8 Å². The van der Waals surface area contributed by atoms with Crippen LogP contribution in [0.5, 0.6) is 11.5 Å². The molecule has 2 aromatic rings. The predicted octanol–water partition coefficient (Wildman–Crippen LogP) is 15.7. The summed E-state index contributed by atoms with van der Waals surface area (Å²) < 4.78 is 19.8. The number of rotatable bonds is 20. The van der Waals surface area contributed by atoms with Crippen molar-refractivity contribution in [3.63, 3.8) is 0 Å². The van der Waals surface area contributed by atoms with E-state index in [1.54, 1.807) is 0 Å². The van der Waals surface area contributed by atoms with Crippen molar-refractivity contribution in [1.82, 2.24) is 0 Å². The van der Waals surface area contributed by atoms with Crippen molar-refractivity contribution < 1.29 is 14.2 Å². The molecule has 4 fully saturated rings. The summed E-state index contributed by atoms with van der Waals surface area (Å²) in [5, 5.41) is 0. The first-order valence-electron chi connectivity index (χ1n) is 24.2. The van der Waals surface area contributed by atoms with Gasteiger partial charge in [0.05, 0.1) is 25.4 Å². The minimum atomic E-state index is 0.114. The summed E-state index contributed by atoms with van der Waals surface area (Å²) >= 11 is 0. The van der Waals surface area contributed by atoms with Crippen LogP contribution < -0.4 is 9.47 Å². The zero-order valence-corrected chi connectivity index (χ0v) is 36.0. The maximum Gasteiger partial charge on any atom is 0.119 e. The second-order valence-electron chi connectivity index (χ2n) is 19.0. The first-order valence-corrected chi connectivity index (χ1v) is 24.2. The van der Waals surface area contributed by atoms with Gasteiger partial charge in [0, 0.05) is 0 Å². The van der Waals surface area contributed by atoms with Gasteiger partial charge in [-0.25, -0.2) is 0 Å². The molecule has 0 aromatic heterocycles. The lowest BCUT2D eigenvalue weighted by atomic mass is 9.67. The third-order valence-electron chi connectivity index (χ3n) is 15.2. The molecule has 0 heterocycles. The van der Waals surface area contributed by atoms with E-state index in [-0.39, 0.29) is 12.2 Å². The van der Waals surface area contributed by atoms with Crippen LogP contribution in [0.15, 0.2) is 48.5 Å². The third-order valence-corrected chi connectivity index (χ3v) is 15.2. The minimum Gasteiger partial charge on any atom is -0.494 e. The van der Waals surface area contributed by atoms with Gasteiger partial charge in [-0.2, -0.15) is 0 Å². The molecule has 6 rings (SSSR count). The highest BCUT2D eigenvalue weighted by molar-refractivity contribution is 5.31. The largest absolute Gasteiger partial charge is 0.494 e. The van der Waals surface area contributed by atoms with E-state index in [1.165, 1.54) is 152 Å². The summed E-state index contributed by atoms with van der Waals surface area (Å²) in [4.78, 5) is 0. The molecule has 4 saturated carbocycles. The lowest BCUT2D eigenvalue weighted by molar-refractivity contribution is -0.0935. The van der Waals surface area contributed by atoms with Crippen LogP contribution in [-0.2, 0) is 4.74 Å². The van der Waals surface area contributed by atoms with Gasteiger partial charge in [0.1, 0.15) is 11.5 Å². The molecule has 4 aliphatic rings. The van der Waals surface area contributed by atoms with Gasteiger partial charge in [0.15, 0.2) is 0 Å². The van der Waals surface area contributed by atoms with Gasteiger partial charge in [0.25, 0.3) is 0 Å². The van der Waals surface area contributed by atoms with Crippen LogP contribution in [0.25, 0.3) is 0 Å². The monoisotopic (exact) mass is 755 g/mol. The molecule has 3 heteroatoms. The lowest BCUT2D eigenvalue weighted by Crippen LogP contribution is -2.31. The Balaban J connectivity index is 1.16. The maximum absolute atomic E-state index is 7.73. The summed E-state index contributed by atoms with van der Waals surface area (Å²) in [5.74, 6) is 8.83. The average Bonchev–Trinajstić information content (AvgIpc) is 3.25. The van der Waals surface area contributed by atoms with Crippen molar-refractivity contribution >= 4 is 0 Å². The van der Waals surface area contributed by atoms with E-state index >= 15 is 0 Å². The molecule has 2 aromatic carbocycles. The van der Waals surface area contributed by atoms with Crippen LogP contribution in [0.4, 0.5) is 0 Å². The van der Waals surface area contributed by atoms with Crippen LogP contribution in [0, 0.1) is 47.3 Å². The second kappa shape index (κ2) is 22.8. The van der Waals surface area contributed by atoms with Crippen molar-refractivity contribution in [3.05, 3.63) is 59.7 Å². The van der Waals surface area contributed by atoms with Gasteiger partial charge in [-0.05, 0) is 173 Å². The fraction of sp³-hybridized carbons (Fsp3) is 0.769. The zero-order chi connectivity index (χ0) is 38.2. The molecule has 2 unspecified atom stereocenters. The molecule has 2 atom stereocenters. The molecular formula is C52H82O3. The van der Waals surface area contributed by atoms with Gasteiger partial charge in [-0.3, -0.25) is 0 Å². The van der Waals surface area contributed by atoms with Gasteiger partial charge >= 0.3 is 0 Å². The molecule has 0 saturated heterocycles. The van der Waals surface area contributed by atoms with Crippen molar-refractivity contribution in [2.75, 3.05) is 13.2 Å². The first kappa shape index (κ1) is 42.6. The Hall–Kier alpha value is -2.00. The first-order chi connectivity index (χ1) is 27.1. The average molecular weight is 755 g/mol.